The number of benzene rings is 1. The molecule has 0 aliphatic heterocycles. The van der Waals surface area contributed by atoms with Gasteiger partial charge in [0, 0.05) is 5.88 Å². The summed E-state index contributed by atoms with van der Waals surface area (Å²) < 4.78 is 0. The second-order valence-corrected chi connectivity index (χ2v) is 4.31. The van der Waals surface area contributed by atoms with Crippen molar-refractivity contribution >= 4 is 11.6 Å². The predicted octanol–water partition coefficient (Wildman–Crippen LogP) is 4.43. The molecule has 0 aliphatic rings. The van der Waals surface area contributed by atoms with Crippen molar-refractivity contribution in [3.63, 3.8) is 0 Å². The van der Waals surface area contributed by atoms with Gasteiger partial charge in [0.05, 0.1) is 0 Å². The fraction of sp³-hybridized carbons (Fsp3) is 0.538. The minimum atomic E-state index is 0.529. The van der Waals surface area contributed by atoms with Crippen LogP contribution in [0, 0.1) is 13.8 Å². The van der Waals surface area contributed by atoms with Gasteiger partial charge in [0.25, 0.3) is 0 Å². The summed E-state index contributed by atoms with van der Waals surface area (Å²) in [7, 11) is 0. The number of hydrogen-bond acceptors (Lipinski definition) is 0. The van der Waals surface area contributed by atoms with Crippen molar-refractivity contribution in [2.45, 2.75) is 39.5 Å². The molecular weight excluding hydrogens is 192 g/mol. The van der Waals surface area contributed by atoms with E-state index < -0.39 is 0 Å². The second kappa shape index (κ2) is 5.41. The number of rotatable bonds is 4. The smallest absolute Gasteiger partial charge is 0.0292 e. The SMILES string of the molecule is CCCC(CCl)c1cc(C)ccc1C. The number of alkyl halides is 1. The molecule has 0 spiro atoms. The van der Waals surface area contributed by atoms with E-state index in [-0.39, 0.29) is 0 Å². The predicted molar refractivity (Wildman–Crippen MR) is 64.3 cm³/mol. The normalized spacial score (nSPS) is 12.9. The summed E-state index contributed by atoms with van der Waals surface area (Å²) in [5.41, 5.74) is 4.13. The number of halogens is 1. The van der Waals surface area contributed by atoms with E-state index in [0.29, 0.717) is 5.92 Å². The zero-order valence-corrected chi connectivity index (χ0v) is 10.1. The van der Waals surface area contributed by atoms with Gasteiger partial charge in [-0.05, 0) is 37.3 Å². The molecule has 0 heterocycles. The first-order valence-electron chi connectivity index (χ1n) is 5.32. The van der Waals surface area contributed by atoms with Gasteiger partial charge in [0.15, 0.2) is 0 Å². The highest BCUT2D eigenvalue weighted by Gasteiger charge is 2.11. The lowest BCUT2D eigenvalue weighted by atomic mass is 9.91. The highest BCUT2D eigenvalue weighted by Crippen LogP contribution is 2.26. The average Bonchev–Trinajstić information content (AvgIpc) is 2.18. The van der Waals surface area contributed by atoms with Gasteiger partial charge >= 0.3 is 0 Å². The van der Waals surface area contributed by atoms with Crippen LogP contribution in [0.15, 0.2) is 18.2 Å². The molecule has 0 bridgehead atoms. The van der Waals surface area contributed by atoms with Crippen LogP contribution in [0.3, 0.4) is 0 Å². The van der Waals surface area contributed by atoms with Gasteiger partial charge in [0.1, 0.15) is 0 Å². The standard InChI is InChI=1S/C13H19Cl/c1-4-5-12(9-14)13-8-10(2)6-7-11(13)3/h6-8,12H,4-5,9H2,1-3H3. The van der Waals surface area contributed by atoms with Gasteiger partial charge in [-0.3, -0.25) is 0 Å². The van der Waals surface area contributed by atoms with Gasteiger partial charge in [-0.25, -0.2) is 0 Å². The van der Waals surface area contributed by atoms with Crippen molar-refractivity contribution in [2.24, 2.45) is 0 Å². The Hall–Kier alpha value is -0.490. The third kappa shape index (κ3) is 2.75. The minimum Gasteiger partial charge on any atom is -0.126 e. The van der Waals surface area contributed by atoms with Gasteiger partial charge in [-0.1, -0.05) is 37.1 Å². The molecule has 0 saturated carbocycles. The van der Waals surface area contributed by atoms with Gasteiger partial charge in [-0.2, -0.15) is 0 Å². The first-order chi connectivity index (χ1) is 6.69. The Morgan fingerprint density at radius 1 is 1.29 bits per heavy atom. The maximum absolute atomic E-state index is 6.01. The lowest BCUT2D eigenvalue weighted by Gasteiger charge is -2.16. The zero-order chi connectivity index (χ0) is 10.6. The molecule has 1 atom stereocenters. The number of aryl methyl sites for hydroxylation is 2. The van der Waals surface area contributed by atoms with Crippen LogP contribution < -0.4 is 0 Å². The van der Waals surface area contributed by atoms with Crippen molar-refractivity contribution in [3.8, 4) is 0 Å². The van der Waals surface area contributed by atoms with Gasteiger partial charge in [-0.15, -0.1) is 11.6 Å². The van der Waals surface area contributed by atoms with Crippen molar-refractivity contribution in [2.75, 3.05) is 5.88 Å². The molecule has 0 aromatic heterocycles. The van der Waals surface area contributed by atoms with E-state index in [1.807, 2.05) is 0 Å². The fourth-order valence-electron chi connectivity index (χ4n) is 1.86. The topological polar surface area (TPSA) is 0 Å². The molecule has 1 unspecified atom stereocenters. The summed E-state index contributed by atoms with van der Waals surface area (Å²) >= 11 is 6.01. The van der Waals surface area contributed by atoms with E-state index in [1.54, 1.807) is 0 Å². The maximum Gasteiger partial charge on any atom is 0.0292 e. The van der Waals surface area contributed by atoms with E-state index in [1.165, 1.54) is 29.5 Å². The molecule has 1 rings (SSSR count). The van der Waals surface area contributed by atoms with E-state index in [4.69, 9.17) is 11.6 Å². The molecule has 78 valence electrons. The van der Waals surface area contributed by atoms with E-state index in [2.05, 4.69) is 39.0 Å². The van der Waals surface area contributed by atoms with E-state index in [9.17, 15) is 0 Å². The highest BCUT2D eigenvalue weighted by atomic mass is 35.5. The fourth-order valence-corrected chi connectivity index (χ4v) is 2.18. The molecule has 0 saturated heterocycles. The molecule has 0 N–H and O–H groups in total. The third-order valence-corrected chi connectivity index (χ3v) is 3.07. The quantitative estimate of drug-likeness (QED) is 0.646. The Bertz CT molecular complexity index is 291. The highest BCUT2D eigenvalue weighted by molar-refractivity contribution is 6.18. The monoisotopic (exact) mass is 210 g/mol. The summed E-state index contributed by atoms with van der Waals surface area (Å²) in [6.07, 6.45) is 2.39. The summed E-state index contributed by atoms with van der Waals surface area (Å²) in [5.74, 6) is 1.26. The van der Waals surface area contributed by atoms with Crippen LogP contribution in [0.1, 0.15) is 42.4 Å². The van der Waals surface area contributed by atoms with Crippen LogP contribution in [0.4, 0.5) is 0 Å². The Kier molecular flexibility index (Phi) is 4.47. The molecule has 0 fully saturated rings. The van der Waals surface area contributed by atoms with Gasteiger partial charge < -0.3 is 0 Å². The molecule has 1 aromatic carbocycles. The van der Waals surface area contributed by atoms with E-state index in [0.717, 1.165) is 5.88 Å². The lowest BCUT2D eigenvalue weighted by Crippen LogP contribution is -2.02. The van der Waals surface area contributed by atoms with Crippen molar-refractivity contribution in [1.29, 1.82) is 0 Å². The van der Waals surface area contributed by atoms with E-state index >= 15 is 0 Å². The number of hydrogen-bond donors (Lipinski definition) is 0. The molecule has 14 heavy (non-hydrogen) atoms. The molecule has 0 radical (unpaired) electrons. The van der Waals surface area contributed by atoms with Crippen LogP contribution in [0.5, 0.6) is 0 Å². The molecule has 1 aromatic rings. The molecule has 0 aliphatic carbocycles. The molecule has 1 heteroatoms. The van der Waals surface area contributed by atoms with Crippen molar-refractivity contribution < 1.29 is 0 Å². The molecular formula is C13H19Cl. The van der Waals surface area contributed by atoms with Crippen molar-refractivity contribution in [1.82, 2.24) is 0 Å². The largest absolute Gasteiger partial charge is 0.126 e. The molecule has 0 amide bonds. The summed E-state index contributed by atoms with van der Waals surface area (Å²) in [4.78, 5) is 0. The second-order valence-electron chi connectivity index (χ2n) is 4.00. The molecule has 0 nitrogen and oxygen atoms in total. The Labute approximate surface area is 92.3 Å². The van der Waals surface area contributed by atoms with Crippen LogP contribution in [-0.2, 0) is 0 Å². The first-order valence-corrected chi connectivity index (χ1v) is 5.85. The Morgan fingerprint density at radius 2 is 2.00 bits per heavy atom. The van der Waals surface area contributed by atoms with Crippen LogP contribution >= 0.6 is 11.6 Å². The van der Waals surface area contributed by atoms with Crippen molar-refractivity contribution in [3.05, 3.63) is 34.9 Å². The van der Waals surface area contributed by atoms with Crippen LogP contribution in [0.25, 0.3) is 0 Å². The Morgan fingerprint density at radius 3 is 2.57 bits per heavy atom. The lowest BCUT2D eigenvalue weighted by molar-refractivity contribution is 0.666. The first kappa shape index (κ1) is 11.6. The van der Waals surface area contributed by atoms with Crippen LogP contribution in [0.2, 0.25) is 0 Å². The minimum absolute atomic E-state index is 0.529. The van der Waals surface area contributed by atoms with Gasteiger partial charge in [0.2, 0.25) is 0 Å². The summed E-state index contributed by atoms with van der Waals surface area (Å²) in [6.45, 7) is 6.52. The summed E-state index contributed by atoms with van der Waals surface area (Å²) in [6, 6.07) is 6.63. The summed E-state index contributed by atoms with van der Waals surface area (Å²) in [5, 5.41) is 0. The van der Waals surface area contributed by atoms with Crippen LogP contribution in [-0.4, -0.2) is 5.88 Å². The Balaban J connectivity index is 2.96. The third-order valence-electron chi connectivity index (χ3n) is 2.70. The average molecular weight is 211 g/mol. The maximum atomic E-state index is 6.01. The zero-order valence-electron chi connectivity index (χ0n) is 9.31.